The molecule has 5 nitrogen and oxygen atoms in total. The lowest BCUT2D eigenvalue weighted by atomic mass is 10.2. The van der Waals surface area contributed by atoms with Gasteiger partial charge in [-0.05, 0) is 47.0 Å². The summed E-state index contributed by atoms with van der Waals surface area (Å²) in [6, 6.07) is 9.51. The summed E-state index contributed by atoms with van der Waals surface area (Å²) in [4.78, 5) is 20.8. The molecule has 1 heterocycles. The lowest BCUT2D eigenvalue weighted by molar-refractivity contribution is 0.102. The van der Waals surface area contributed by atoms with Gasteiger partial charge in [-0.3, -0.25) is 4.79 Å². The molecule has 3 rings (SSSR count). The summed E-state index contributed by atoms with van der Waals surface area (Å²) >= 11 is 3.41. The molecule has 6 heteroatoms. The largest absolute Gasteiger partial charge is 0.351 e. The Kier molecular flexibility index (Phi) is 4.68. The van der Waals surface area contributed by atoms with Crippen LogP contribution in [0.4, 0.5) is 11.6 Å². The molecule has 0 saturated heterocycles. The summed E-state index contributed by atoms with van der Waals surface area (Å²) in [5.74, 6) is 0.274. The summed E-state index contributed by atoms with van der Waals surface area (Å²) < 4.78 is 0.835. The van der Waals surface area contributed by atoms with Crippen LogP contribution in [-0.2, 0) is 0 Å². The van der Waals surface area contributed by atoms with Crippen LogP contribution < -0.4 is 10.6 Å². The Bertz CT molecular complexity index is 671. The molecule has 0 spiro atoms. The number of nitrogens with zero attached hydrogens (tertiary/aromatic N) is 2. The van der Waals surface area contributed by atoms with Crippen LogP contribution in [0, 0.1) is 0 Å². The number of nitrogens with one attached hydrogen (secondary N) is 2. The monoisotopic (exact) mass is 360 g/mol. The van der Waals surface area contributed by atoms with Gasteiger partial charge >= 0.3 is 0 Å². The first-order valence-corrected chi connectivity index (χ1v) is 8.17. The first kappa shape index (κ1) is 15.0. The molecule has 0 bridgehead atoms. The SMILES string of the molecule is O=C(Nc1ccccc1Br)c1ccnc(NC2CCCC2)n1. The van der Waals surface area contributed by atoms with Gasteiger partial charge in [0.1, 0.15) is 5.69 Å². The van der Waals surface area contributed by atoms with E-state index in [1.54, 1.807) is 12.3 Å². The molecule has 1 aliphatic carbocycles. The zero-order chi connectivity index (χ0) is 15.4. The third kappa shape index (κ3) is 3.62. The van der Waals surface area contributed by atoms with Gasteiger partial charge in [0.15, 0.2) is 0 Å². The summed E-state index contributed by atoms with van der Waals surface area (Å²) in [6.45, 7) is 0. The molecule has 1 aliphatic rings. The van der Waals surface area contributed by atoms with Crippen molar-refractivity contribution in [1.29, 1.82) is 0 Å². The lowest BCUT2D eigenvalue weighted by Crippen LogP contribution is -2.19. The first-order valence-electron chi connectivity index (χ1n) is 7.38. The Morgan fingerprint density at radius 2 is 1.95 bits per heavy atom. The van der Waals surface area contributed by atoms with Crippen molar-refractivity contribution >= 4 is 33.5 Å². The summed E-state index contributed by atoms with van der Waals surface area (Å²) in [6.07, 6.45) is 6.35. The Morgan fingerprint density at radius 1 is 1.18 bits per heavy atom. The maximum Gasteiger partial charge on any atom is 0.274 e. The van der Waals surface area contributed by atoms with Gasteiger partial charge in [0.05, 0.1) is 5.69 Å². The molecule has 1 aromatic carbocycles. The molecule has 0 unspecified atom stereocenters. The number of rotatable bonds is 4. The van der Waals surface area contributed by atoms with Crippen LogP contribution in [0.2, 0.25) is 0 Å². The standard InChI is InChI=1S/C16H17BrN4O/c17-12-7-3-4-8-13(12)20-15(22)14-9-10-18-16(21-14)19-11-5-1-2-6-11/h3-4,7-11H,1-2,5-6H2,(H,20,22)(H,18,19,21). The number of anilines is 2. The molecule has 0 aliphatic heterocycles. The highest BCUT2D eigenvalue weighted by Gasteiger charge is 2.16. The average molecular weight is 361 g/mol. The summed E-state index contributed by atoms with van der Waals surface area (Å²) in [5.41, 5.74) is 1.07. The average Bonchev–Trinajstić information content (AvgIpc) is 3.03. The van der Waals surface area contributed by atoms with Gasteiger partial charge in [-0.2, -0.15) is 0 Å². The smallest absolute Gasteiger partial charge is 0.274 e. The van der Waals surface area contributed by atoms with Crippen LogP contribution in [-0.4, -0.2) is 21.9 Å². The second-order valence-corrected chi connectivity index (χ2v) is 6.18. The highest BCUT2D eigenvalue weighted by atomic mass is 79.9. The van der Waals surface area contributed by atoms with Crippen molar-refractivity contribution in [2.24, 2.45) is 0 Å². The molecular formula is C16H17BrN4O. The van der Waals surface area contributed by atoms with Crippen molar-refractivity contribution in [1.82, 2.24) is 9.97 Å². The second kappa shape index (κ2) is 6.87. The number of amides is 1. The van der Waals surface area contributed by atoms with E-state index in [1.165, 1.54) is 12.8 Å². The number of hydrogen-bond donors (Lipinski definition) is 2. The van der Waals surface area contributed by atoms with E-state index in [4.69, 9.17) is 0 Å². The fourth-order valence-corrected chi connectivity index (χ4v) is 2.94. The fourth-order valence-electron chi connectivity index (χ4n) is 2.56. The van der Waals surface area contributed by atoms with Crippen LogP contribution in [0.5, 0.6) is 0 Å². The number of aromatic nitrogens is 2. The van der Waals surface area contributed by atoms with E-state index in [0.29, 0.717) is 17.7 Å². The van der Waals surface area contributed by atoms with Crippen LogP contribution >= 0.6 is 15.9 Å². The molecule has 0 radical (unpaired) electrons. The first-order chi connectivity index (χ1) is 10.7. The number of hydrogen-bond acceptors (Lipinski definition) is 4. The topological polar surface area (TPSA) is 66.9 Å². The molecule has 2 aromatic rings. The Morgan fingerprint density at radius 3 is 2.73 bits per heavy atom. The highest BCUT2D eigenvalue weighted by molar-refractivity contribution is 9.10. The van der Waals surface area contributed by atoms with Crippen molar-refractivity contribution in [2.45, 2.75) is 31.7 Å². The van der Waals surface area contributed by atoms with Crippen LogP contribution in [0.1, 0.15) is 36.2 Å². The molecule has 22 heavy (non-hydrogen) atoms. The van der Waals surface area contributed by atoms with Crippen molar-refractivity contribution in [3.05, 3.63) is 46.7 Å². The molecule has 0 atom stereocenters. The van der Waals surface area contributed by atoms with Gasteiger partial charge in [-0.15, -0.1) is 0 Å². The second-order valence-electron chi connectivity index (χ2n) is 5.33. The predicted molar refractivity (Wildman–Crippen MR) is 90.0 cm³/mol. The quantitative estimate of drug-likeness (QED) is 0.868. The van der Waals surface area contributed by atoms with E-state index < -0.39 is 0 Å². The van der Waals surface area contributed by atoms with Gasteiger partial charge in [0.2, 0.25) is 5.95 Å². The van der Waals surface area contributed by atoms with Gasteiger partial charge < -0.3 is 10.6 Å². The van der Waals surface area contributed by atoms with Crippen molar-refractivity contribution < 1.29 is 4.79 Å². The van der Waals surface area contributed by atoms with Gasteiger partial charge in [0.25, 0.3) is 5.91 Å². The minimum atomic E-state index is -0.247. The van der Waals surface area contributed by atoms with E-state index in [9.17, 15) is 4.79 Å². The number of para-hydroxylation sites is 1. The van der Waals surface area contributed by atoms with Crippen LogP contribution in [0.3, 0.4) is 0 Å². The van der Waals surface area contributed by atoms with Gasteiger partial charge in [0, 0.05) is 16.7 Å². The Balaban J connectivity index is 1.71. The number of carbonyl (C=O) groups excluding carboxylic acids is 1. The Hall–Kier alpha value is -1.95. The third-order valence-electron chi connectivity index (χ3n) is 3.70. The predicted octanol–water partition coefficient (Wildman–Crippen LogP) is 3.85. The van der Waals surface area contributed by atoms with E-state index in [-0.39, 0.29) is 5.91 Å². The van der Waals surface area contributed by atoms with Crippen LogP contribution in [0.15, 0.2) is 41.0 Å². The molecular weight excluding hydrogens is 344 g/mol. The number of carbonyl (C=O) groups is 1. The maximum absolute atomic E-state index is 12.3. The third-order valence-corrected chi connectivity index (χ3v) is 4.39. The van der Waals surface area contributed by atoms with Crippen molar-refractivity contribution in [2.75, 3.05) is 10.6 Å². The van der Waals surface area contributed by atoms with Crippen molar-refractivity contribution in [3.63, 3.8) is 0 Å². The van der Waals surface area contributed by atoms with E-state index >= 15 is 0 Å². The van der Waals surface area contributed by atoms with Crippen molar-refractivity contribution in [3.8, 4) is 0 Å². The number of halogens is 1. The molecule has 1 aromatic heterocycles. The summed E-state index contributed by atoms with van der Waals surface area (Å²) in [5, 5.41) is 6.14. The molecule has 2 N–H and O–H groups in total. The lowest BCUT2D eigenvalue weighted by Gasteiger charge is -2.12. The summed E-state index contributed by atoms with van der Waals surface area (Å²) in [7, 11) is 0. The normalized spacial score (nSPS) is 14.8. The highest BCUT2D eigenvalue weighted by Crippen LogP contribution is 2.22. The Labute approximate surface area is 137 Å². The maximum atomic E-state index is 12.3. The zero-order valence-corrected chi connectivity index (χ0v) is 13.6. The minimum Gasteiger partial charge on any atom is -0.351 e. The molecule has 1 saturated carbocycles. The van der Waals surface area contributed by atoms with Crippen LogP contribution in [0.25, 0.3) is 0 Å². The molecule has 1 amide bonds. The fraction of sp³-hybridized carbons (Fsp3) is 0.312. The van der Waals surface area contributed by atoms with Gasteiger partial charge in [-0.1, -0.05) is 25.0 Å². The number of benzene rings is 1. The van der Waals surface area contributed by atoms with Gasteiger partial charge in [-0.25, -0.2) is 9.97 Å². The molecule has 1 fully saturated rings. The van der Waals surface area contributed by atoms with E-state index in [2.05, 4.69) is 36.5 Å². The minimum absolute atomic E-state index is 0.247. The zero-order valence-electron chi connectivity index (χ0n) is 12.1. The van der Waals surface area contributed by atoms with E-state index in [1.807, 2.05) is 24.3 Å². The molecule has 114 valence electrons. The van der Waals surface area contributed by atoms with E-state index in [0.717, 1.165) is 23.0 Å².